The summed E-state index contributed by atoms with van der Waals surface area (Å²) in [6.45, 7) is 4.48. The summed E-state index contributed by atoms with van der Waals surface area (Å²) < 4.78 is 0. The van der Waals surface area contributed by atoms with E-state index in [2.05, 4.69) is 22.8 Å². The molecule has 0 unspecified atom stereocenters. The molecule has 1 aromatic carbocycles. The fourth-order valence-corrected chi connectivity index (χ4v) is 3.89. The van der Waals surface area contributed by atoms with Crippen LogP contribution in [0.15, 0.2) is 24.3 Å². The highest BCUT2D eigenvalue weighted by Gasteiger charge is 2.23. The molecule has 0 aliphatic carbocycles. The van der Waals surface area contributed by atoms with Crippen LogP contribution in [-0.4, -0.2) is 61.5 Å². The molecular formula is C20H30N4O2. The van der Waals surface area contributed by atoms with E-state index in [1.807, 2.05) is 29.0 Å². The molecule has 0 radical (unpaired) electrons. The van der Waals surface area contributed by atoms with Gasteiger partial charge in [-0.15, -0.1) is 0 Å². The van der Waals surface area contributed by atoms with Gasteiger partial charge >= 0.3 is 6.03 Å². The lowest BCUT2D eigenvalue weighted by Crippen LogP contribution is -2.45. The quantitative estimate of drug-likeness (QED) is 0.840. The number of rotatable bonds is 5. The van der Waals surface area contributed by atoms with E-state index in [-0.39, 0.29) is 11.9 Å². The van der Waals surface area contributed by atoms with Crippen molar-refractivity contribution in [3.8, 4) is 0 Å². The highest BCUT2D eigenvalue weighted by atomic mass is 16.2. The molecule has 2 heterocycles. The minimum Gasteiger partial charge on any atom is -0.343 e. The first-order valence-corrected chi connectivity index (χ1v) is 9.69. The van der Waals surface area contributed by atoms with Gasteiger partial charge in [0.05, 0.1) is 0 Å². The number of nitrogens with one attached hydrogen (secondary N) is 2. The summed E-state index contributed by atoms with van der Waals surface area (Å²) >= 11 is 0. The summed E-state index contributed by atoms with van der Waals surface area (Å²) in [5, 5.41) is 6.12. The predicted octanol–water partition coefficient (Wildman–Crippen LogP) is 1.60. The molecule has 3 amide bonds. The molecular weight excluding hydrogens is 328 g/mol. The first kappa shape index (κ1) is 18.7. The Labute approximate surface area is 155 Å². The molecule has 0 aromatic heterocycles. The van der Waals surface area contributed by atoms with Gasteiger partial charge in [0, 0.05) is 39.1 Å². The van der Waals surface area contributed by atoms with Gasteiger partial charge in [-0.1, -0.05) is 24.3 Å². The third-order valence-corrected chi connectivity index (χ3v) is 5.49. The molecule has 3 rings (SSSR count). The van der Waals surface area contributed by atoms with E-state index in [1.54, 1.807) is 0 Å². The van der Waals surface area contributed by atoms with E-state index < -0.39 is 0 Å². The third kappa shape index (κ3) is 4.75. The van der Waals surface area contributed by atoms with E-state index in [0.717, 1.165) is 45.4 Å². The lowest BCUT2D eigenvalue weighted by atomic mass is 9.96. The Morgan fingerprint density at radius 2 is 1.81 bits per heavy atom. The topological polar surface area (TPSA) is 64.7 Å². The van der Waals surface area contributed by atoms with Crippen LogP contribution in [0.3, 0.4) is 0 Å². The number of fused-ring (bicyclic) bond motifs is 1. The number of carbonyl (C=O) groups is 2. The van der Waals surface area contributed by atoms with Crippen LogP contribution < -0.4 is 10.6 Å². The fraction of sp³-hybridized carbons (Fsp3) is 0.600. The molecule has 6 heteroatoms. The number of hydrogen-bond donors (Lipinski definition) is 2. The first-order valence-electron chi connectivity index (χ1n) is 9.69. The molecule has 2 aliphatic heterocycles. The SMILES string of the molecule is CNCC1CCN(C(=O)CCNC(=O)N2CCc3ccccc3C2)CC1. The second-order valence-corrected chi connectivity index (χ2v) is 7.30. The second-order valence-electron chi connectivity index (χ2n) is 7.30. The van der Waals surface area contributed by atoms with Gasteiger partial charge in [-0.3, -0.25) is 4.79 Å². The highest BCUT2D eigenvalue weighted by Crippen LogP contribution is 2.19. The van der Waals surface area contributed by atoms with E-state index in [4.69, 9.17) is 0 Å². The van der Waals surface area contributed by atoms with Crippen molar-refractivity contribution in [3.05, 3.63) is 35.4 Å². The standard InChI is InChI=1S/C20H30N4O2/c1-21-14-16-7-11-23(12-8-16)19(25)6-10-22-20(26)24-13-9-17-4-2-3-5-18(17)15-24/h2-5,16,21H,6-15H2,1H3,(H,22,26). The zero-order chi connectivity index (χ0) is 18.4. The van der Waals surface area contributed by atoms with Crippen LogP contribution in [-0.2, 0) is 17.8 Å². The normalized spacial score (nSPS) is 17.7. The number of amides is 3. The Morgan fingerprint density at radius 3 is 2.54 bits per heavy atom. The molecule has 0 spiro atoms. The van der Waals surface area contributed by atoms with Crippen molar-refractivity contribution in [2.45, 2.75) is 32.2 Å². The predicted molar refractivity (Wildman–Crippen MR) is 102 cm³/mol. The van der Waals surface area contributed by atoms with Crippen molar-refractivity contribution >= 4 is 11.9 Å². The maximum absolute atomic E-state index is 12.4. The van der Waals surface area contributed by atoms with Crippen molar-refractivity contribution < 1.29 is 9.59 Å². The number of hydrogen-bond acceptors (Lipinski definition) is 3. The van der Waals surface area contributed by atoms with Crippen LogP contribution in [0.2, 0.25) is 0 Å². The number of piperidine rings is 1. The largest absolute Gasteiger partial charge is 0.343 e. The Hall–Kier alpha value is -2.08. The molecule has 0 saturated carbocycles. The summed E-state index contributed by atoms with van der Waals surface area (Å²) in [5.74, 6) is 0.822. The molecule has 1 aromatic rings. The van der Waals surface area contributed by atoms with Gasteiger partial charge in [0.2, 0.25) is 5.91 Å². The van der Waals surface area contributed by atoms with Gasteiger partial charge in [0.1, 0.15) is 0 Å². The first-order chi connectivity index (χ1) is 12.7. The van der Waals surface area contributed by atoms with Gasteiger partial charge in [0.15, 0.2) is 0 Å². The van der Waals surface area contributed by atoms with E-state index in [9.17, 15) is 9.59 Å². The summed E-state index contributed by atoms with van der Waals surface area (Å²) in [6, 6.07) is 8.19. The summed E-state index contributed by atoms with van der Waals surface area (Å²) in [4.78, 5) is 28.5. The zero-order valence-electron chi connectivity index (χ0n) is 15.7. The van der Waals surface area contributed by atoms with Gasteiger partial charge in [-0.05, 0) is 49.9 Å². The average molecular weight is 358 g/mol. The smallest absolute Gasteiger partial charge is 0.317 e. The molecule has 1 fully saturated rings. The number of nitrogens with zero attached hydrogens (tertiary/aromatic N) is 2. The van der Waals surface area contributed by atoms with Crippen LogP contribution in [0.5, 0.6) is 0 Å². The maximum atomic E-state index is 12.4. The van der Waals surface area contributed by atoms with Crippen molar-refractivity contribution in [2.75, 3.05) is 39.8 Å². The number of benzene rings is 1. The lowest BCUT2D eigenvalue weighted by Gasteiger charge is -2.32. The summed E-state index contributed by atoms with van der Waals surface area (Å²) in [7, 11) is 1.97. The average Bonchev–Trinajstić information content (AvgIpc) is 2.68. The number of carbonyl (C=O) groups excluding carboxylic acids is 2. The molecule has 1 saturated heterocycles. The van der Waals surface area contributed by atoms with Crippen LogP contribution in [0.4, 0.5) is 4.79 Å². The Bertz CT molecular complexity index is 626. The van der Waals surface area contributed by atoms with Gasteiger partial charge in [-0.2, -0.15) is 0 Å². The monoisotopic (exact) mass is 358 g/mol. The van der Waals surface area contributed by atoms with Crippen LogP contribution >= 0.6 is 0 Å². The summed E-state index contributed by atoms with van der Waals surface area (Å²) in [5.41, 5.74) is 2.54. The van der Waals surface area contributed by atoms with Gasteiger partial charge < -0.3 is 20.4 Å². The fourth-order valence-electron chi connectivity index (χ4n) is 3.89. The van der Waals surface area contributed by atoms with E-state index in [0.29, 0.717) is 25.4 Å². The Morgan fingerprint density at radius 1 is 1.08 bits per heavy atom. The molecule has 0 atom stereocenters. The minimum atomic E-state index is -0.0694. The third-order valence-electron chi connectivity index (χ3n) is 5.49. The molecule has 2 N–H and O–H groups in total. The number of likely N-dealkylation sites (tertiary alicyclic amines) is 1. The molecule has 0 bridgehead atoms. The summed E-state index contributed by atoms with van der Waals surface area (Å²) in [6.07, 6.45) is 3.40. The molecule has 142 valence electrons. The van der Waals surface area contributed by atoms with Crippen molar-refractivity contribution in [2.24, 2.45) is 5.92 Å². The Balaban J connectivity index is 1.37. The van der Waals surface area contributed by atoms with Crippen molar-refractivity contribution in [1.82, 2.24) is 20.4 Å². The lowest BCUT2D eigenvalue weighted by molar-refractivity contribution is -0.132. The van der Waals surface area contributed by atoms with Crippen LogP contribution in [0, 0.1) is 5.92 Å². The maximum Gasteiger partial charge on any atom is 0.317 e. The molecule has 6 nitrogen and oxygen atoms in total. The van der Waals surface area contributed by atoms with E-state index >= 15 is 0 Å². The minimum absolute atomic E-state index is 0.0694. The molecule has 2 aliphatic rings. The number of urea groups is 1. The highest BCUT2D eigenvalue weighted by molar-refractivity contribution is 5.78. The van der Waals surface area contributed by atoms with Crippen molar-refractivity contribution in [1.29, 1.82) is 0 Å². The van der Waals surface area contributed by atoms with Gasteiger partial charge in [-0.25, -0.2) is 4.79 Å². The van der Waals surface area contributed by atoms with Crippen molar-refractivity contribution in [3.63, 3.8) is 0 Å². The van der Waals surface area contributed by atoms with Crippen LogP contribution in [0.1, 0.15) is 30.4 Å². The molecule has 26 heavy (non-hydrogen) atoms. The zero-order valence-corrected chi connectivity index (χ0v) is 15.7. The second kappa shape index (κ2) is 9.03. The van der Waals surface area contributed by atoms with Crippen LogP contribution in [0.25, 0.3) is 0 Å². The Kier molecular flexibility index (Phi) is 6.50. The van der Waals surface area contributed by atoms with Gasteiger partial charge in [0.25, 0.3) is 0 Å². The van der Waals surface area contributed by atoms with E-state index in [1.165, 1.54) is 11.1 Å².